The third-order valence-corrected chi connectivity index (χ3v) is 4.07. The molecule has 6 nitrogen and oxygen atoms in total. The van der Waals surface area contributed by atoms with Gasteiger partial charge in [0, 0.05) is 11.3 Å². The molecule has 0 bridgehead atoms. The average Bonchev–Trinajstić information content (AvgIpc) is 2.70. The van der Waals surface area contributed by atoms with E-state index in [2.05, 4.69) is 10.6 Å². The number of fused-ring (bicyclic) bond motifs is 1. The standard InChI is InChI=1S/C22H20N2O4/c1-15-5-4-8-19(11-15)24-20(25)14-28-21(26)13-23-22(27)18-10-9-16-6-2-3-7-17(16)12-18/h2-12H,13-14H2,1H3,(H,23,27)(H,24,25). The molecule has 0 atom stereocenters. The lowest BCUT2D eigenvalue weighted by Gasteiger charge is -2.08. The van der Waals surface area contributed by atoms with Crippen molar-refractivity contribution in [3.63, 3.8) is 0 Å². The highest BCUT2D eigenvalue weighted by Gasteiger charge is 2.11. The molecule has 0 aliphatic carbocycles. The maximum atomic E-state index is 12.2. The van der Waals surface area contributed by atoms with Crippen molar-refractivity contribution >= 4 is 34.2 Å². The molecule has 0 aromatic heterocycles. The molecule has 3 rings (SSSR count). The zero-order valence-corrected chi connectivity index (χ0v) is 15.4. The number of aryl methyl sites for hydroxylation is 1. The van der Waals surface area contributed by atoms with Crippen LogP contribution < -0.4 is 10.6 Å². The Bertz CT molecular complexity index is 1030. The molecule has 3 aromatic rings. The number of rotatable bonds is 6. The number of benzene rings is 3. The van der Waals surface area contributed by atoms with Crippen molar-refractivity contribution in [1.29, 1.82) is 0 Å². The van der Waals surface area contributed by atoms with Gasteiger partial charge in [-0.05, 0) is 47.5 Å². The van der Waals surface area contributed by atoms with E-state index in [1.54, 1.807) is 18.2 Å². The number of esters is 1. The van der Waals surface area contributed by atoms with Gasteiger partial charge in [-0.1, -0.05) is 42.5 Å². The van der Waals surface area contributed by atoms with Crippen LogP contribution in [0.15, 0.2) is 66.7 Å². The van der Waals surface area contributed by atoms with Gasteiger partial charge in [-0.2, -0.15) is 0 Å². The first-order chi connectivity index (χ1) is 13.5. The third kappa shape index (κ3) is 5.17. The molecule has 6 heteroatoms. The van der Waals surface area contributed by atoms with E-state index in [4.69, 9.17) is 4.74 Å². The summed E-state index contributed by atoms with van der Waals surface area (Å²) in [4.78, 5) is 35.8. The maximum absolute atomic E-state index is 12.2. The van der Waals surface area contributed by atoms with E-state index in [9.17, 15) is 14.4 Å². The van der Waals surface area contributed by atoms with Gasteiger partial charge in [-0.15, -0.1) is 0 Å². The summed E-state index contributed by atoms with van der Waals surface area (Å²) in [6.45, 7) is 1.18. The number of ether oxygens (including phenoxy) is 1. The van der Waals surface area contributed by atoms with Gasteiger partial charge in [-0.3, -0.25) is 14.4 Å². The van der Waals surface area contributed by atoms with E-state index in [-0.39, 0.29) is 12.5 Å². The zero-order valence-electron chi connectivity index (χ0n) is 15.4. The van der Waals surface area contributed by atoms with Crippen molar-refractivity contribution in [3.8, 4) is 0 Å². The van der Waals surface area contributed by atoms with Crippen LogP contribution in [0, 0.1) is 6.92 Å². The Hall–Kier alpha value is -3.67. The van der Waals surface area contributed by atoms with Crippen molar-refractivity contribution in [2.45, 2.75) is 6.92 Å². The van der Waals surface area contributed by atoms with Gasteiger partial charge >= 0.3 is 5.97 Å². The summed E-state index contributed by atoms with van der Waals surface area (Å²) in [6.07, 6.45) is 0. The Labute approximate surface area is 162 Å². The molecular weight excluding hydrogens is 356 g/mol. The quantitative estimate of drug-likeness (QED) is 0.648. The minimum absolute atomic E-state index is 0.316. The number of anilines is 1. The Morgan fingerprint density at radius 3 is 2.46 bits per heavy atom. The molecule has 2 amide bonds. The summed E-state index contributed by atoms with van der Waals surface area (Å²) in [5.74, 6) is -1.51. The second-order valence-corrected chi connectivity index (χ2v) is 6.32. The van der Waals surface area contributed by atoms with Gasteiger partial charge in [0.2, 0.25) is 0 Å². The predicted molar refractivity (Wildman–Crippen MR) is 107 cm³/mol. The topological polar surface area (TPSA) is 84.5 Å². The van der Waals surface area contributed by atoms with Crippen molar-refractivity contribution in [1.82, 2.24) is 5.32 Å². The number of carbonyl (C=O) groups excluding carboxylic acids is 3. The van der Waals surface area contributed by atoms with Crippen LogP contribution in [0.1, 0.15) is 15.9 Å². The summed E-state index contributed by atoms with van der Waals surface area (Å²) >= 11 is 0. The van der Waals surface area contributed by atoms with Gasteiger partial charge in [0.05, 0.1) is 0 Å². The Kier molecular flexibility index (Phi) is 6.01. The molecular formula is C22H20N2O4. The van der Waals surface area contributed by atoms with Crippen LogP contribution in [-0.2, 0) is 14.3 Å². The number of nitrogens with one attached hydrogen (secondary N) is 2. The lowest BCUT2D eigenvalue weighted by Crippen LogP contribution is -2.32. The maximum Gasteiger partial charge on any atom is 0.325 e. The van der Waals surface area contributed by atoms with Crippen LogP contribution in [0.2, 0.25) is 0 Å². The normalized spacial score (nSPS) is 10.3. The van der Waals surface area contributed by atoms with Crippen LogP contribution in [0.5, 0.6) is 0 Å². The summed E-state index contributed by atoms with van der Waals surface area (Å²) < 4.78 is 4.90. The molecule has 0 spiro atoms. The molecule has 0 saturated carbocycles. The molecule has 3 aromatic carbocycles. The molecule has 2 N–H and O–H groups in total. The Morgan fingerprint density at radius 1 is 0.893 bits per heavy atom. The lowest BCUT2D eigenvalue weighted by atomic mass is 10.1. The van der Waals surface area contributed by atoms with Crippen LogP contribution in [-0.4, -0.2) is 30.9 Å². The number of amides is 2. The number of hydrogen-bond acceptors (Lipinski definition) is 4. The van der Waals surface area contributed by atoms with Crippen molar-refractivity contribution in [2.24, 2.45) is 0 Å². The molecule has 0 heterocycles. The van der Waals surface area contributed by atoms with E-state index in [0.717, 1.165) is 16.3 Å². The second kappa shape index (κ2) is 8.81. The van der Waals surface area contributed by atoms with Gasteiger partial charge in [0.15, 0.2) is 6.61 Å². The minimum Gasteiger partial charge on any atom is -0.454 e. The van der Waals surface area contributed by atoms with E-state index in [1.807, 2.05) is 55.5 Å². The monoisotopic (exact) mass is 376 g/mol. The Balaban J connectivity index is 1.45. The molecule has 28 heavy (non-hydrogen) atoms. The summed E-state index contributed by atoms with van der Waals surface area (Å²) in [7, 11) is 0. The summed E-state index contributed by atoms with van der Waals surface area (Å²) in [5, 5.41) is 7.10. The predicted octanol–water partition coefficient (Wildman–Crippen LogP) is 3.06. The smallest absolute Gasteiger partial charge is 0.325 e. The van der Waals surface area contributed by atoms with Gasteiger partial charge in [-0.25, -0.2) is 0 Å². The minimum atomic E-state index is -0.687. The fourth-order valence-electron chi connectivity index (χ4n) is 2.70. The fourth-order valence-corrected chi connectivity index (χ4v) is 2.70. The van der Waals surface area contributed by atoms with Gasteiger partial charge in [0.1, 0.15) is 6.54 Å². The molecule has 0 unspecified atom stereocenters. The largest absolute Gasteiger partial charge is 0.454 e. The van der Waals surface area contributed by atoms with Crippen molar-refractivity contribution in [2.75, 3.05) is 18.5 Å². The van der Waals surface area contributed by atoms with Crippen molar-refractivity contribution in [3.05, 3.63) is 77.9 Å². The number of hydrogen-bond donors (Lipinski definition) is 2. The average molecular weight is 376 g/mol. The first-order valence-corrected chi connectivity index (χ1v) is 8.80. The van der Waals surface area contributed by atoms with Gasteiger partial charge < -0.3 is 15.4 Å². The molecule has 0 saturated heterocycles. The highest BCUT2D eigenvalue weighted by atomic mass is 16.5. The number of carbonyl (C=O) groups is 3. The lowest BCUT2D eigenvalue weighted by molar-refractivity contribution is -0.146. The molecule has 0 fully saturated rings. The first kappa shape index (κ1) is 19.1. The molecule has 0 aliphatic rings. The van der Waals surface area contributed by atoms with E-state index in [1.165, 1.54) is 0 Å². The molecule has 0 radical (unpaired) electrons. The van der Waals surface area contributed by atoms with Gasteiger partial charge in [0.25, 0.3) is 11.8 Å². The van der Waals surface area contributed by atoms with E-state index in [0.29, 0.717) is 11.3 Å². The fraction of sp³-hybridized carbons (Fsp3) is 0.136. The highest BCUT2D eigenvalue weighted by molar-refractivity contribution is 6.00. The second-order valence-electron chi connectivity index (χ2n) is 6.32. The van der Waals surface area contributed by atoms with Crippen molar-refractivity contribution < 1.29 is 19.1 Å². The third-order valence-electron chi connectivity index (χ3n) is 4.07. The Morgan fingerprint density at radius 2 is 1.68 bits per heavy atom. The SMILES string of the molecule is Cc1cccc(NC(=O)COC(=O)CNC(=O)c2ccc3ccccc3c2)c1. The van der Waals surface area contributed by atoms with Crippen LogP contribution >= 0.6 is 0 Å². The highest BCUT2D eigenvalue weighted by Crippen LogP contribution is 2.15. The first-order valence-electron chi connectivity index (χ1n) is 8.80. The van der Waals surface area contributed by atoms with Crippen LogP contribution in [0.4, 0.5) is 5.69 Å². The molecule has 0 aliphatic heterocycles. The van der Waals surface area contributed by atoms with Crippen LogP contribution in [0.25, 0.3) is 10.8 Å². The zero-order chi connectivity index (χ0) is 19.9. The summed E-state index contributed by atoms with van der Waals surface area (Å²) in [5.41, 5.74) is 2.08. The summed E-state index contributed by atoms with van der Waals surface area (Å²) in [6, 6.07) is 20.3. The van der Waals surface area contributed by atoms with E-state index >= 15 is 0 Å². The van der Waals surface area contributed by atoms with E-state index < -0.39 is 18.5 Å². The molecule has 142 valence electrons. The van der Waals surface area contributed by atoms with Crippen LogP contribution in [0.3, 0.4) is 0 Å².